The molecule has 0 saturated carbocycles. The lowest BCUT2D eigenvalue weighted by molar-refractivity contribution is 0.669. The van der Waals surface area contributed by atoms with Gasteiger partial charge in [0.1, 0.15) is 11.2 Å². The van der Waals surface area contributed by atoms with Crippen LogP contribution in [-0.4, -0.2) is 4.57 Å². The summed E-state index contributed by atoms with van der Waals surface area (Å²) < 4.78 is 9.12. The van der Waals surface area contributed by atoms with Crippen molar-refractivity contribution in [2.45, 2.75) is 0 Å². The van der Waals surface area contributed by atoms with Gasteiger partial charge >= 0.3 is 0 Å². The van der Waals surface area contributed by atoms with E-state index in [1.807, 2.05) is 0 Å². The van der Waals surface area contributed by atoms with Crippen molar-refractivity contribution in [3.05, 3.63) is 224 Å². The molecule has 0 bridgehead atoms. The van der Waals surface area contributed by atoms with Crippen molar-refractivity contribution in [3.63, 3.8) is 0 Å². The van der Waals surface area contributed by atoms with Crippen molar-refractivity contribution < 1.29 is 4.42 Å². The fourth-order valence-corrected chi connectivity index (χ4v) is 8.48. The van der Waals surface area contributed by atoms with E-state index in [4.69, 9.17) is 4.42 Å². The van der Waals surface area contributed by atoms with Crippen molar-refractivity contribution in [1.82, 2.24) is 4.57 Å². The monoisotopic (exact) mass is 743 g/mol. The predicted octanol–water partition coefficient (Wildman–Crippen LogP) is 15.3. The zero-order chi connectivity index (χ0) is 38.4. The Morgan fingerprint density at radius 1 is 0.293 bits per heavy atom. The van der Waals surface area contributed by atoms with E-state index in [-0.39, 0.29) is 0 Å². The van der Waals surface area contributed by atoms with Crippen LogP contribution in [0, 0.1) is 0 Å². The molecule has 0 unspecified atom stereocenters. The molecule has 0 aliphatic rings. The summed E-state index contributed by atoms with van der Waals surface area (Å²) in [6.45, 7) is 0. The van der Waals surface area contributed by atoms with Gasteiger partial charge in [0.05, 0.1) is 11.0 Å². The van der Waals surface area contributed by atoms with Gasteiger partial charge in [-0.3, -0.25) is 0 Å². The molecule has 4 heteroatoms. The molecule has 0 saturated heterocycles. The Balaban J connectivity index is 1.17. The molecule has 11 rings (SSSR count). The molecular formula is C54H37N3O. The standard InChI is InChI=1S/C54H37N3O/c1-6-17-38(18-7-1)39-29-31-48-50-36-52-49(37-54(50)58-53(48)33-39)47-32-30-46(56(42-23-12-4-13-24-42)43-25-14-5-15-26-43)35-51(47)57(52)45-28-16-27-44(34-45)55(40-19-8-2-9-20-40)41-21-10-3-11-22-41/h1-37H. The summed E-state index contributed by atoms with van der Waals surface area (Å²) in [5.74, 6) is 0. The van der Waals surface area contributed by atoms with Gasteiger partial charge in [-0.15, -0.1) is 0 Å². The van der Waals surface area contributed by atoms with E-state index in [0.717, 1.165) is 89.1 Å². The third kappa shape index (κ3) is 5.78. The Hall–Kier alpha value is -7.82. The third-order valence-electron chi connectivity index (χ3n) is 11.1. The first-order valence-corrected chi connectivity index (χ1v) is 19.7. The van der Waals surface area contributed by atoms with Gasteiger partial charge in [-0.2, -0.15) is 0 Å². The van der Waals surface area contributed by atoms with Crippen molar-refractivity contribution in [3.8, 4) is 16.8 Å². The average molecular weight is 744 g/mol. The summed E-state index contributed by atoms with van der Waals surface area (Å²) >= 11 is 0. The highest BCUT2D eigenvalue weighted by molar-refractivity contribution is 6.18. The zero-order valence-electron chi connectivity index (χ0n) is 31.6. The molecule has 11 aromatic rings. The van der Waals surface area contributed by atoms with Crippen LogP contribution in [0.5, 0.6) is 0 Å². The van der Waals surface area contributed by atoms with Crippen LogP contribution in [0.1, 0.15) is 0 Å². The molecule has 0 amide bonds. The Morgan fingerprint density at radius 3 is 1.36 bits per heavy atom. The number of rotatable bonds is 8. The largest absolute Gasteiger partial charge is 0.456 e. The molecule has 0 fully saturated rings. The van der Waals surface area contributed by atoms with Crippen LogP contribution < -0.4 is 9.80 Å². The van der Waals surface area contributed by atoms with Crippen LogP contribution in [-0.2, 0) is 0 Å². The van der Waals surface area contributed by atoms with Crippen LogP contribution >= 0.6 is 0 Å². The van der Waals surface area contributed by atoms with Crippen molar-refractivity contribution in [2.24, 2.45) is 0 Å². The van der Waals surface area contributed by atoms with E-state index in [9.17, 15) is 0 Å². The first-order chi connectivity index (χ1) is 28.8. The lowest BCUT2D eigenvalue weighted by atomic mass is 10.0. The SMILES string of the molecule is c1ccc(-c2ccc3c(c2)oc2cc4c5ccc(N(c6ccccc6)c6ccccc6)cc5n(-c5cccc(N(c6ccccc6)c6ccccc6)c5)c4cc23)cc1. The fraction of sp³-hybridized carbons (Fsp3) is 0. The molecular weight excluding hydrogens is 707 g/mol. The molecule has 2 heterocycles. The second kappa shape index (κ2) is 14.0. The van der Waals surface area contributed by atoms with Gasteiger partial charge in [-0.25, -0.2) is 0 Å². The van der Waals surface area contributed by atoms with Crippen LogP contribution in [0.25, 0.3) is 60.6 Å². The van der Waals surface area contributed by atoms with Crippen LogP contribution in [0.3, 0.4) is 0 Å². The molecule has 0 atom stereocenters. The summed E-state index contributed by atoms with van der Waals surface area (Å²) in [5.41, 5.74) is 13.9. The van der Waals surface area contributed by atoms with Gasteiger partial charge in [-0.1, -0.05) is 121 Å². The molecule has 274 valence electrons. The summed E-state index contributed by atoms with van der Waals surface area (Å²) in [6, 6.07) is 79.7. The smallest absolute Gasteiger partial charge is 0.136 e. The molecule has 2 aromatic heterocycles. The van der Waals surface area contributed by atoms with Gasteiger partial charge in [0.15, 0.2) is 0 Å². The maximum absolute atomic E-state index is 6.69. The fourth-order valence-electron chi connectivity index (χ4n) is 8.48. The highest BCUT2D eigenvalue weighted by atomic mass is 16.3. The first-order valence-electron chi connectivity index (χ1n) is 19.7. The lowest BCUT2D eigenvalue weighted by Crippen LogP contribution is -2.10. The molecule has 0 radical (unpaired) electrons. The van der Waals surface area contributed by atoms with Crippen molar-refractivity contribution in [2.75, 3.05) is 9.80 Å². The molecule has 0 spiro atoms. The minimum Gasteiger partial charge on any atom is -0.456 e. The third-order valence-corrected chi connectivity index (χ3v) is 11.1. The number of aromatic nitrogens is 1. The highest BCUT2D eigenvalue weighted by Crippen LogP contribution is 2.43. The van der Waals surface area contributed by atoms with Gasteiger partial charge in [-0.05, 0) is 114 Å². The summed E-state index contributed by atoms with van der Waals surface area (Å²) in [5, 5.41) is 4.48. The Labute approximate surface area is 336 Å². The molecule has 58 heavy (non-hydrogen) atoms. The molecule has 4 nitrogen and oxygen atoms in total. The van der Waals surface area contributed by atoms with Crippen molar-refractivity contribution >= 4 is 77.9 Å². The Kier molecular flexibility index (Phi) is 8.11. The number of fused-ring (bicyclic) bond motifs is 6. The van der Waals surface area contributed by atoms with Crippen LogP contribution in [0.4, 0.5) is 34.1 Å². The van der Waals surface area contributed by atoms with E-state index in [1.165, 1.54) is 5.56 Å². The molecule has 0 aliphatic heterocycles. The summed E-state index contributed by atoms with van der Waals surface area (Å²) in [4.78, 5) is 4.65. The lowest BCUT2D eigenvalue weighted by Gasteiger charge is -2.26. The Bertz CT molecular complexity index is 3130. The van der Waals surface area contributed by atoms with E-state index in [2.05, 4.69) is 239 Å². The van der Waals surface area contributed by atoms with Gasteiger partial charge in [0.25, 0.3) is 0 Å². The second-order valence-electron chi connectivity index (χ2n) is 14.6. The number of hydrogen-bond donors (Lipinski definition) is 0. The topological polar surface area (TPSA) is 24.6 Å². The molecule has 9 aromatic carbocycles. The van der Waals surface area contributed by atoms with Crippen LogP contribution in [0.2, 0.25) is 0 Å². The molecule has 0 aliphatic carbocycles. The van der Waals surface area contributed by atoms with Crippen LogP contribution in [0.15, 0.2) is 229 Å². The predicted molar refractivity (Wildman–Crippen MR) is 243 cm³/mol. The highest BCUT2D eigenvalue weighted by Gasteiger charge is 2.21. The van der Waals surface area contributed by atoms with E-state index in [1.54, 1.807) is 0 Å². The number of nitrogens with zero attached hydrogens (tertiary/aromatic N) is 3. The zero-order valence-corrected chi connectivity index (χ0v) is 31.6. The normalized spacial score (nSPS) is 11.4. The van der Waals surface area contributed by atoms with Gasteiger partial charge < -0.3 is 18.8 Å². The summed E-state index contributed by atoms with van der Waals surface area (Å²) in [6.07, 6.45) is 0. The average Bonchev–Trinajstić information content (AvgIpc) is 3.81. The Morgan fingerprint density at radius 2 is 0.776 bits per heavy atom. The number of hydrogen-bond acceptors (Lipinski definition) is 3. The maximum Gasteiger partial charge on any atom is 0.136 e. The van der Waals surface area contributed by atoms with E-state index >= 15 is 0 Å². The maximum atomic E-state index is 6.69. The minimum atomic E-state index is 0.874. The molecule has 0 N–H and O–H groups in total. The number of anilines is 6. The number of benzene rings is 9. The minimum absolute atomic E-state index is 0.874. The van der Waals surface area contributed by atoms with E-state index < -0.39 is 0 Å². The van der Waals surface area contributed by atoms with E-state index in [0.29, 0.717) is 0 Å². The quantitative estimate of drug-likeness (QED) is 0.155. The first kappa shape index (κ1) is 33.5. The van der Waals surface area contributed by atoms with Gasteiger partial charge in [0.2, 0.25) is 0 Å². The number of para-hydroxylation sites is 4. The second-order valence-corrected chi connectivity index (χ2v) is 14.6. The van der Waals surface area contributed by atoms with Gasteiger partial charge in [0, 0.05) is 61.4 Å². The number of furan rings is 1. The van der Waals surface area contributed by atoms with Crippen molar-refractivity contribution in [1.29, 1.82) is 0 Å². The summed E-state index contributed by atoms with van der Waals surface area (Å²) in [7, 11) is 0.